The second kappa shape index (κ2) is 6.10. The van der Waals surface area contributed by atoms with E-state index in [0.717, 1.165) is 27.0 Å². The van der Waals surface area contributed by atoms with Crippen molar-refractivity contribution < 1.29 is 0 Å². The van der Waals surface area contributed by atoms with Gasteiger partial charge in [0.25, 0.3) is 0 Å². The molecular weight excluding hydrogens is 331 g/mol. The van der Waals surface area contributed by atoms with Crippen molar-refractivity contribution in [3.05, 3.63) is 68.7 Å². The summed E-state index contributed by atoms with van der Waals surface area (Å²) in [6, 6.07) is 14.0. The van der Waals surface area contributed by atoms with Crippen LogP contribution < -0.4 is 0 Å². The van der Waals surface area contributed by atoms with E-state index >= 15 is 0 Å². The summed E-state index contributed by atoms with van der Waals surface area (Å²) in [4.78, 5) is 0. The van der Waals surface area contributed by atoms with Crippen LogP contribution in [0.4, 0.5) is 0 Å². The normalized spacial score (nSPS) is 12.4. The van der Waals surface area contributed by atoms with Crippen molar-refractivity contribution in [2.75, 3.05) is 0 Å². The second-order valence-corrected chi connectivity index (χ2v) is 6.06. The second-order valence-electron chi connectivity index (χ2n) is 4.27. The predicted octanol–water partition coefficient (Wildman–Crippen LogP) is 5.93. The lowest BCUT2D eigenvalue weighted by Crippen LogP contribution is -1.97. The van der Waals surface area contributed by atoms with Crippen molar-refractivity contribution in [1.82, 2.24) is 0 Å². The van der Waals surface area contributed by atoms with Gasteiger partial charge in [0.05, 0.1) is 5.38 Å². The van der Waals surface area contributed by atoms with E-state index in [1.165, 1.54) is 5.56 Å². The molecule has 2 rings (SSSR count). The van der Waals surface area contributed by atoms with Crippen LogP contribution in [0.5, 0.6) is 0 Å². The molecule has 0 aliphatic rings. The van der Waals surface area contributed by atoms with Crippen LogP contribution in [-0.4, -0.2) is 0 Å². The largest absolute Gasteiger partial charge is 0.117 e. The topological polar surface area (TPSA) is 0 Å². The Labute approximate surface area is 126 Å². The summed E-state index contributed by atoms with van der Waals surface area (Å²) in [5, 5.41) is 0.716. The Bertz CT molecular complexity index is 552. The molecule has 1 atom stereocenters. The molecule has 0 aliphatic carbocycles. The van der Waals surface area contributed by atoms with Crippen LogP contribution in [0.1, 0.15) is 22.1 Å². The number of hydrogen-bond donors (Lipinski definition) is 0. The first kappa shape index (κ1) is 13.9. The minimum Gasteiger partial charge on any atom is -0.117 e. The van der Waals surface area contributed by atoms with Crippen molar-refractivity contribution >= 4 is 39.1 Å². The number of aryl methyl sites for hydroxylation is 1. The first-order chi connectivity index (χ1) is 8.58. The average Bonchev–Trinajstić information content (AvgIpc) is 2.35. The van der Waals surface area contributed by atoms with Gasteiger partial charge in [-0.3, -0.25) is 0 Å². The van der Waals surface area contributed by atoms with E-state index in [1.54, 1.807) is 0 Å². The van der Waals surface area contributed by atoms with Crippen LogP contribution in [0, 0.1) is 6.92 Å². The van der Waals surface area contributed by atoms with Gasteiger partial charge in [-0.15, -0.1) is 11.6 Å². The zero-order valence-electron chi connectivity index (χ0n) is 9.96. The maximum absolute atomic E-state index is 6.46. The lowest BCUT2D eigenvalue weighted by Gasteiger charge is -2.12. The van der Waals surface area contributed by atoms with E-state index in [1.807, 2.05) is 36.4 Å². The van der Waals surface area contributed by atoms with Crippen molar-refractivity contribution in [3.8, 4) is 0 Å². The summed E-state index contributed by atoms with van der Waals surface area (Å²) in [5.41, 5.74) is 3.40. The molecule has 0 radical (unpaired) electrons. The fourth-order valence-corrected chi connectivity index (χ4v) is 2.60. The van der Waals surface area contributed by atoms with E-state index in [9.17, 15) is 0 Å². The van der Waals surface area contributed by atoms with Gasteiger partial charge in [0.15, 0.2) is 0 Å². The number of rotatable bonds is 3. The lowest BCUT2D eigenvalue weighted by molar-refractivity contribution is 0.917. The minimum absolute atomic E-state index is 0.0586. The highest BCUT2D eigenvalue weighted by Gasteiger charge is 2.11. The molecule has 0 aromatic heterocycles. The SMILES string of the molecule is Cc1cc(C(Cl)Cc2ccccc2Cl)ccc1Br. The van der Waals surface area contributed by atoms with Crippen molar-refractivity contribution in [2.24, 2.45) is 0 Å². The predicted molar refractivity (Wildman–Crippen MR) is 82.6 cm³/mol. The fourth-order valence-electron chi connectivity index (χ4n) is 1.84. The standard InChI is InChI=1S/C15H13BrCl2/c1-10-8-12(6-7-13(10)16)15(18)9-11-4-2-3-5-14(11)17/h2-8,15H,9H2,1H3. The van der Waals surface area contributed by atoms with E-state index in [-0.39, 0.29) is 5.38 Å². The Morgan fingerprint density at radius 2 is 1.89 bits per heavy atom. The smallest absolute Gasteiger partial charge is 0.0626 e. The molecule has 1 unspecified atom stereocenters. The van der Waals surface area contributed by atoms with E-state index in [4.69, 9.17) is 23.2 Å². The molecule has 0 bridgehead atoms. The number of hydrogen-bond acceptors (Lipinski definition) is 0. The van der Waals surface area contributed by atoms with Crippen LogP contribution in [0.2, 0.25) is 5.02 Å². The Kier molecular flexibility index (Phi) is 4.71. The molecule has 0 saturated carbocycles. The summed E-state index contributed by atoms with van der Waals surface area (Å²) < 4.78 is 1.10. The van der Waals surface area contributed by atoms with Crippen LogP contribution in [-0.2, 0) is 6.42 Å². The first-order valence-electron chi connectivity index (χ1n) is 5.71. The molecular formula is C15H13BrCl2. The third-order valence-electron chi connectivity index (χ3n) is 2.90. The van der Waals surface area contributed by atoms with E-state index in [2.05, 4.69) is 28.9 Å². The van der Waals surface area contributed by atoms with Crippen LogP contribution in [0.25, 0.3) is 0 Å². The van der Waals surface area contributed by atoms with E-state index in [0.29, 0.717) is 0 Å². The Balaban J connectivity index is 2.19. The van der Waals surface area contributed by atoms with Gasteiger partial charge in [-0.05, 0) is 42.2 Å². The quantitative estimate of drug-likeness (QED) is 0.605. The first-order valence-corrected chi connectivity index (χ1v) is 7.32. The van der Waals surface area contributed by atoms with Gasteiger partial charge in [-0.2, -0.15) is 0 Å². The molecule has 0 saturated heterocycles. The highest BCUT2D eigenvalue weighted by molar-refractivity contribution is 9.10. The van der Waals surface area contributed by atoms with Crippen LogP contribution >= 0.6 is 39.1 Å². The number of halogens is 3. The molecule has 0 aliphatic heterocycles. The maximum atomic E-state index is 6.46. The summed E-state index contributed by atoms with van der Waals surface area (Å²) >= 11 is 16.1. The van der Waals surface area contributed by atoms with Gasteiger partial charge >= 0.3 is 0 Å². The van der Waals surface area contributed by atoms with E-state index < -0.39 is 0 Å². The van der Waals surface area contributed by atoms with Gasteiger partial charge in [-0.1, -0.05) is 57.9 Å². The third kappa shape index (κ3) is 3.28. The van der Waals surface area contributed by atoms with Crippen molar-refractivity contribution in [1.29, 1.82) is 0 Å². The average molecular weight is 344 g/mol. The summed E-state index contributed by atoms with van der Waals surface area (Å²) in [6.07, 6.45) is 0.738. The van der Waals surface area contributed by atoms with Crippen LogP contribution in [0.3, 0.4) is 0 Å². The summed E-state index contributed by atoms with van der Waals surface area (Å²) in [5.74, 6) is 0. The molecule has 0 amide bonds. The monoisotopic (exact) mass is 342 g/mol. The molecule has 94 valence electrons. The van der Waals surface area contributed by atoms with Gasteiger partial charge in [0.1, 0.15) is 0 Å². The Morgan fingerprint density at radius 3 is 2.56 bits per heavy atom. The maximum Gasteiger partial charge on any atom is 0.0626 e. The van der Waals surface area contributed by atoms with Crippen molar-refractivity contribution in [3.63, 3.8) is 0 Å². The zero-order chi connectivity index (χ0) is 13.1. The lowest BCUT2D eigenvalue weighted by atomic mass is 10.0. The molecule has 2 aromatic carbocycles. The highest BCUT2D eigenvalue weighted by atomic mass is 79.9. The summed E-state index contributed by atoms with van der Waals surface area (Å²) in [7, 11) is 0. The van der Waals surface area contributed by atoms with Gasteiger partial charge < -0.3 is 0 Å². The van der Waals surface area contributed by atoms with Crippen LogP contribution in [0.15, 0.2) is 46.9 Å². The molecule has 0 heterocycles. The minimum atomic E-state index is -0.0586. The zero-order valence-corrected chi connectivity index (χ0v) is 13.1. The highest BCUT2D eigenvalue weighted by Crippen LogP contribution is 2.30. The van der Waals surface area contributed by atoms with Gasteiger partial charge in [0, 0.05) is 9.50 Å². The molecule has 0 spiro atoms. The third-order valence-corrected chi connectivity index (χ3v) is 4.57. The molecule has 18 heavy (non-hydrogen) atoms. The van der Waals surface area contributed by atoms with Crippen molar-refractivity contribution in [2.45, 2.75) is 18.7 Å². The number of alkyl halides is 1. The Hall–Kier alpha value is -0.500. The molecule has 0 fully saturated rings. The van der Waals surface area contributed by atoms with Gasteiger partial charge in [-0.25, -0.2) is 0 Å². The number of benzene rings is 2. The molecule has 0 N–H and O–H groups in total. The summed E-state index contributed by atoms with van der Waals surface area (Å²) in [6.45, 7) is 2.06. The van der Waals surface area contributed by atoms with Gasteiger partial charge in [0.2, 0.25) is 0 Å². The molecule has 2 aromatic rings. The molecule has 0 nitrogen and oxygen atoms in total. The fraction of sp³-hybridized carbons (Fsp3) is 0.200. The molecule has 3 heteroatoms. The Morgan fingerprint density at radius 1 is 1.17 bits per heavy atom.